The molecule has 1 aliphatic carbocycles. The molecule has 1 rings (SSSR count). The average molecular weight is 185 g/mol. The van der Waals surface area contributed by atoms with Crippen LogP contribution in [0.15, 0.2) is 0 Å². The zero-order chi connectivity index (χ0) is 10.2. The van der Waals surface area contributed by atoms with Gasteiger partial charge in [0, 0.05) is 7.05 Å². The summed E-state index contributed by atoms with van der Waals surface area (Å²) in [6, 6.07) is 0. The van der Waals surface area contributed by atoms with Crippen LogP contribution < -0.4 is 0 Å². The van der Waals surface area contributed by atoms with Crippen LogP contribution in [-0.2, 0) is 9.59 Å². The van der Waals surface area contributed by atoms with Crippen molar-refractivity contribution in [3.63, 3.8) is 0 Å². The number of rotatable bonds is 3. The summed E-state index contributed by atoms with van der Waals surface area (Å²) in [5.41, 5.74) is -0.957. The predicted octanol–water partition coefficient (Wildman–Crippen LogP) is 0.574. The summed E-state index contributed by atoms with van der Waals surface area (Å²) >= 11 is 0. The number of carboxylic acid groups (broad SMARTS) is 1. The molecule has 1 aliphatic rings. The van der Waals surface area contributed by atoms with Crippen LogP contribution in [0.2, 0.25) is 0 Å². The zero-order valence-electron chi connectivity index (χ0n) is 8.15. The molecule has 0 radical (unpaired) electrons. The molecule has 3 unspecified atom stereocenters. The van der Waals surface area contributed by atoms with Crippen LogP contribution in [0, 0.1) is 11.8 Å². The van der Waals surface area contributed by atoms with Crippen molar-refractivity contribution in [3.05, 3.63) is 0 Å². The molecule has 0 aromatic carbocycles. The first-order chi connectivity index (χ1) is 5.96. The van der Waals surface area contributed by atoms with Crippen molar-refractivity contribution in [1.29, 1.82) is 0 Å². The molecule has 0 aromatic rings. The molecule has 0 heterocycles. The quantitative estimate of drug-likeness (QED) is 0.654. The Kier molecular flexibility index (Phi) is 2.32. The lowest BCUT2D eigenvalue weighted by atomic mass is 9.60. The van der Waals surface area contributed by atoms with Gasteiger partial charge in [0.15, 0.2) is 0 Å². The van der Waals surface area contributed by atoms with E-state index in [1.807, 2.05) is 13.8 Å². The van der Waals surface area contributed by atoms with Crippen molar-refractivity contribution in [2.24, 2.45) is 11.8 Å². The van der Waals surface area contributed by atoms with Crippen LogP contribution in [-0.4, -0.2) is 35.0 Å². The minimum atomic E-state index is -0.957. The summed E-state index contributed by atoms with van der Waals surface area (Å²) in [6.45, 7) is 3.88. The Morgan fingerprint density at radius 1 is 1.62 bits per heavy atom. The minimum absolute atomic E-state index is 0.0280. The number of likely N-dealkylation sites (N-methyl/N-ethyl adjacent to an activating group) is 1. The Hall–Kier alpha value is -1.06. The fourth-order valence-corrected chi connectivity index (χ4v) is 2.16. The number of amides is 1. The summed E-state index contributed by atoms with van der Waals surface area (Å²) in [5.74, 6) is -0.494. The third-order valence-electron chi connectivity index (χ3n) is 3.40. The van der Waals surface area contributed by atoms with Gasteiger partial charge in [-0.15, -0.1) is 0 Å². The van der Waals surface area contributed by atoms with Gasteiger partial charge in [-0.3, -0.25) is 4.79 Å². The lowest BCUT2D eigenvalue weighted by Crippen LogP contribution is -2.66. The van der Waals surface area contributed by atoms with E-state index in [-0.39, 0.29) is 5.92 Å². The molecule has 13 heavy (non-hydrogen) atoms. The third-order valence-corrected chi connectivity index (χ3v) is 3.40. The summed E-state index contributed by atoms with van der Waals surface area (Å²) in [4.78, 5) is 22.9. The Bertz CT molecular complexity index is 241. The van der Waals surface area contributed by atoms with E-state index in [2.05, 4.69) is 0 Å². The minimum Gasteiger partial charge on any atom is -0.479 e. The molecule has 0 aliphatic heterocycles. The normalized spacial score (nSPS) is 37.8. The molecule has 0 aromatic heterocycles. The van der Waals surface area contributed by atoms with Crippen molar-refractivity contribution in [3.8, 4) is 0 Å². The van der Waals surface area contributed by atoms with E-state index < -0.39 is 11.5 Å². The number of carboxylic acids is 1. The van der Waals surface area contributed by atoms with Crippen LogP contribution in [0.25, 0.3) is 0 Å². The summed E-state index contributed by atoms with van der Waals surface area (Å²) in [5, 5.41) is 9.07. The number of aliphatic carboxylic acids is 1. The highest BCUT2D eigenvalue weighted by molar-refractivity contribution is 5.83. The molecule has 4 heteroatoms. The van der Waals surface area contributed by atoms with E-state index >= 15 is 0 Å². The summed E-state index contributed by atoms with van der Waals surface area (Å²) in [6.07, 6.45) is 1.15. The van der Waals surface area contributed by atoms with Gasteiger partial charge in [0.25, 0.3) is 0 Å². The molecular weight excluding hydrogens is 170 g/mol. The predicted molar refractivity (Wildman–Crippen MR) is 47.1 cm³/mol. The van der Waals surface area contributed by atoms with Crippen LogP contribution in [0.5, 0.6) is 0 Å². The number of carbonyl (C=O) groups excluding carboxylic acids is 1. The number of hydrogen-bond donors (Lipinski definition) is 1. The van der Waals surface area contributed by atoms with Gasteiger partial charge >= 0.3 is 5.97 Å². The van der Waals surface area contributed by atoms with E-state index in [0.717, 1.165) is 0 Å². The highest BCUT2D eigenvalue weighted by Gasteiger charge is 2.57. The molecular formula is C9H15NO3. The van der Waals surface area contributed by atoms with Crippen molar-refractivity contribution in [2.45, 2.75) is 25.8 Å². The van der Waals surface area contributed by atoms with E-state index in [1.54, 1.807) is 0 Å². The smallest absolute Gasteiger partial charge is 0.329 e. The number of nitrogens with zero attached hydrogens (tertiary/aromatic N) is 1. The standard InChI is InChI=1S/C9H15NO3/c1-6-4-9(7(6)2,8(12)13)10(3)5-11/h5-7H,4H2,1-3H3,(H,12,13). The summed E-state index contributed by atoms with van der Waals surface area (Å²) in [7, 11) is 1.53. The molecule has 1 saturated carbocycles. The molecule has 1 fully saturated rings. The lowest BCUT2D eigenvalue weighted by Gasteiger charge is -2.53. The average Bonchev–Trinajstić information content (AvgIpc) is 2.11. The zero-order valence-corrected chi connectivity index (χ0v) is 8.15. The van der Waals surface area contributed by atoms with Gasteiger partial charge in [-0.1, -0.05) is 13.8 Å². The SMILES string of the molecule is CC1CC(C(=O)O)(N(C)C=O)C1C. The Balaban J connectivity index is 2.91. The molecule has 0 bridgehead atoms. The highest BCUT2D eigenvalue weighted by atomic mass is 16.4. The van der Waals surface area contributed by atoms with E-state index in [1.165, 1.54) is 11.9 Å². The summed E-state index contributed by atoms with van der Waals surface area (Å²) < 4.78 is 0. The topological polar surface area (TPSA) is 57.6 Å². The maximum Gasteiger partial charge on any atom is 0.329 e. The van der Waals surface area contributed by atoms with Gasteiger partial charge < -0.3 is 10.0 Å². The van der Waals surface area contributed by atoms with Crippen molar-refractivity contribution in [1.82, 2.24) is 4.90 Å². The maximum atomic E-state index is 11.1. The van der Waals surface area contributed by atoms with Crippen molar-refractivity contribution in [2.75, 3.05) is 7.05 Å². The van der Waals surface area contributed by atoms with E-state index in [4.69, 9.17) is 5.11 Å². The second-order valence-electron chi connectivity index (χ2n) is 3.92. The maximum absolute atomic E-state index is 11.1. The second kappa shape index (κ2) is 3.01. The van der Waals surface area contributed by atoms with Gasteiger partial charge in [0.05, 0.1) is 0 Å². The fraction of sp³-hybridized carbons (Fsp3) is 0.778. The van der Waals surface area contributed by atoms with Crippen LogP contribution in [0.3, 0.4) is 0 Å². The first-order valence-corrected chi connectivity index (χ1v) is 4.38. The fourth-order valence-electron chi connectivity index (χ4n) is 2.16. The first kappa shape index (κ1) is 10.0. The first-order valence-electron chi connectivity index (χ1n) is 4.38. The molecule has 1 N–H and O–H groups in total. The molecule has 0 saturated heterocycles. The van der Waals surface area contributed by atoms with Gasteiger partial charge in [-0.2, -0.15) is 0 Å². The Morgan fingerprint density at radius 2 is 2.15 bits per heavy atom. The van der Waals surface area contributed by atoms with Crippen molar-refractivity contribution >= 4 is 12.4 Å². The molecule has 74 valence electrons. The number of hydrogen-bond acceptors (Lipinski definition) is 2. The largest absolute Gasteiger partial charge is 0.479 e. The second-order valence-corrected chi connectivity index (χ2v) is 3.92. The Morgan fingerprint density at radius 3 is 2.38 bits per heavy atom. The molecule has 4 nitrogen and oxygen atoms in total. The molecule has 3 atom stereocenters. The van der Waals surface area contributed by atoms with Crippen molar-refractivity contribution < 1.29 is 14.7 Å². The molecule has 0 spiro atoms. The van der Waals surface area contributed by atoms with Crippen LogP contribution in [0.1, 0.15) is 20.3 Å². The van der Waals surface area contributed by atoms with Crippen LogP contribution in [0.4, 0.5) is 0 Å². The monoisotopic (exact) mass is 185 g/mol. The van der Waals surface area contributed by atoms with Gasteiger partial charge in [-0.25, -0.2) is 4.79 Å². The third kappa shape index (κ3) is 1.12. The lowest BCUT2D eigenvalue weighted by molar-refractivity contribution is -0.172. The Labute approximate surface area is 77.5 Å². The van der Waals surface area contributed by atoms with Gasteiger partial charge in [-0.05, 0) is 18.3 Å². The number of carbonyl (C=O) groups is 2. The molecule has 1 amide bonds. The van der Waals surface area contributed by atoms with Gasteiger partial charge in [0.2, 0.25) is 6.41 Å². The van der Waals surface area contributed by atoms with Gasteiger partial charge in [0.1, 0.15) is 5.54 Å². The van der Waals surface area contributed by atoms with E-state index in [9.17, 15) is 9.59 Å². The van der Waals surface area contributed by atoms with E-state index in [0.29, 0.717) is 18.7 Å². The van der Waals surface area contributed by atoms with Crippen LogP contribution >= 0.6 is 0 Å². The highest BCUT2D eigenvalue weighted by Crippen LogP contribution is 2.46.